The molecule has 1 rings (SSSR count). The van der Waals surface area contributed by atoms with Crippen LogP contribution in [0.3, 0.4) is 0 Å². The van der Waals surface area contributed by atoms with E-state index >= 15 is 0 Å². The molecule has 5 heteroatoms. The minimum absolute atomic E-state index is 0.125. The molecule has 1 saturated heterocycles. The van der Waals surface area contributed by atoms with E-state index in [9.17, 15) is 4.79 Å². The summed E-state index contributed by atoms with van der Waals surface area (Å²) in [6, 6.07) is 0.280. The van der Waals surface area contributed by atoms with Gasteiger partial charge in [-0.15, -0.1) is 0 Å². The lowest BCUT2D eigenvalue weighted by Crippen LogP contribution is -2.39. The van der Waals surface area contributed by atoms with Crippen molar-refractivity contribution in [2.75, 3.05) is 37.9 Å². The van der Waals surface area contributed by atoms with E-state index in [4.69, 9.17) is 9.47 Å². The third-order valence-electron chi connectivity index (χ3n) is 2.25. The zero-order chi connectivity index (χ0) is 11.6. The topological polar surface area (TPSA) is 47.6 Å². The number of carbonyl (C=O) groups excluding carboxylic acids is 1. The molecule has 1 N–H and O–H groups in total. The van der Waals surface area contributed by atoms with E-state index in [1.807, 2.05) is 11.8 Å². The van der Waals surface area contributed by atoms with Crippen molar-refractivity contribution in [3.8, 4) is 0 Å². The van der Waals surface area contributed by atoms with E-state index in [2.05, 4.69) is 12.2 Å². The molecular weight excluding hydrogens is 226 g/mol. The van der Waals surface area contributed by atoms with Gasteiger partial charge in [0.05, 0.1) is 13.0 Å². The molecule has 0 saturated carbocycles. The minimum atomic E-state index is -0.125. The predicted octanol–water partition coefficient (Wildman–Crippen LogP) is 1.05. The number of esters is 1. The first-order valence-electron chi connectivity index (χ1n) is 5.87. The second-order valence-electron chi connectivity index (χ2n) is 3.76. The number of ether oxygens (including phenoxy) is 2. The molecule has 1 fully saturated rings. The highest BCUT2D eigenvalue weighted by Gasteiger charge is 2.17. The molecule has 1 heterocycles. The van der Waals surface area contributed by atoms with E-state index in [1.165, 1.54) is 0 Å². The number of carbonyl (C=O) groups is 1. The quantitative estimate of drug-likeness (QED) is 0.538. The first kappa shape index (κ1) is 13.8. The molecule has 0 spiro atoms. The number of rotatable bonds is 7. The average Bonchev–Trinajstić information content (AvgIpc) is 2.30. The molecular formula is C11H21NO3S. The first-order valence-corrected chi connectivity index (χ1v) is 7.03. The van der Waals surface area contributed by atoms with Gasteiger partial charge in [-0.1, -0.05) is 6.92 Å². The molecule has 0 aliphatic carbocycles. The van der Waals surface area contributed by atoms with Crippen molar-refractivity contribution in [3.63, 3.8) is 0 Å². The molecule has 0 bridgehead atoms. The Balaban J connectivity index is 1.97. The number of nitrogens with one attached hydrogen (secondary N) is 1. The molecule has 0 aromatic heterocycles. The molecule has 0 aromatic carbocycles. The van der Waals surface area contributed by atoms with Crippen molar-refractivity contribution < 1.29 is 14.3 Å². The smallest absolute Gasteiger partial charge is 0.307 e. The van der Waals surface area contributed by atoms with Gasteiger partial charge in [-0.05, 0) is 6.42 Å². The van der Waals surface area contributed by atoms with Crippen LogP contribution in [0.2, 0.25) is 0 Å². The van der Waals surface area contributed by atoms with Gasteiger partial charge in [0.25, 0.3) is 0 Å². The zero-order valence-electron chi connectivity index (χ0n) is 9.87. The second kappa shape index (κ2) is 8.84. The van der Waals surface area contributed by atoms with Crippen LogP contribution in [0.1, 0.15) is 19.8 Å². The van der Waals surface area contributed by atoms with Crippen molar-refractivity contribution in [3.05, 3.63) is 0 Å². The lowest BCUT2D eigenvalue weighted by molar-refractivity contribution is -0.145. The third-order valence-corrected chi connectivity index (χ3v) is 3.38. The molecule has 0 amide bonds. The van der Waals surface area contributed by atoms with Crippen LogP contribution in [-0.2, 0) is 14.3 Å². The average molecular weight is 247 g/mol. The van der Waals surface area contributed by atoms with Crippen LogP contribution in [0.25, 0.3) is 0 Å². The van der Waals surface area contributed by atoms with Gasteiger partial charge in [0.2, 0.25) is 0 Å². The highest BCUT2D eigenvalue weighted by atomic mass is 32.2. The van der Waals surface area contributed by atoms with Gasteiger partial charge in [0.15, 0.2) is 0 Å². The number of hydrogen-bond acceptors (Lipinski definition) is 5. The summed E-state index contributed by atoms with van der Waals surface area (Å²) in [5, 5.41) is 3.31. The Labute approximate surface area is 101 Å². The predicted molar refractivity (Wildman–Crippen MR) is 65.8 cm³/mol. The highest BCUT2D eigenvalue weighted by molar-refractivity contribution is 7.99. The van der Waals surface area contributed by atoms with Crippen LogP contribution in [0.5, 0.6) is 0 Å². The molecule has 0 aromatic rings. The molecule has 0 radical (unpaired) electrons. The van der Waals surface area contributed by atoms with Gasteiger partial charge in [0, 0.05) is 30.7 Å². The third kappa shape index (κ3) is 6.35. The maximum absolute atomic E-state index is 11.4. The first-order chi connectivity index (χ1) is 7.83. The fourth-order valence-corrected chi connectivity index (χ4v) is 2.42. The lowest BCUT2D eigenvalue weighted by Gasteiger charge is -2.22. The van der Waals surface area contributed by atoms with E-state index in [-0.39, 0.29) is 12.0 Å². The lowest BCUT2D eigenvalue weighted by atomic mass is 10.2. The summed E-state index contributed by atoms with van der Waals surface area (Å²) in [4.78, 5) is 11.4. The van der Waals surface area contributed by atoms with E-state index < -0.39 is 0 Å². The molecule has 94 valence electrons. The Hall–Kier alpha value is -0.260. The molecule has 1 atom stereocenters. The van der Waals surface area contributed by atoms with E-state index in [0.29, 0.717) is 19.6 Å². The summed E-state index contributed by atoms with van der Waals surface area (Å²) in [6.45, 7) is 4.66. The summed E-state index contributed by atoms with van der Waals surface area (Å²) < 4.78 is 10.3. The maximum Gasteiger partial charge on any atom is 0.307 e. The fraction of sp³-hybridized carbons (Fsp3) is 0.909. The fourth-order valence-electron chi connectivity index (χ4n) is 1.47. The second-order valence-corrected chi connectivity index (χ2v) is 4.91. The van der Waals surface area contributed by atoms with Crippen LogP contribution in [-0.4, -0.2) is 49.9 Å². The van der Waals surface area contributed by atoms with Gasteiger partial charge < -0.3 is 14.8 Å². The van der Waals surface area contributed by atoms with Crippen molar-refractivity contribution in [2.24, 2.45) is 0 Å². The standard InChI is InChI=1S/C11H21NO3S/c1-2-4-14-5-6-15-11(13)8-10-9-16-7-3-12-10/h10,12H,2-9H2,1H3. The molecule has 1 aliphatic heterocycles. The summed E-state index contributed by atoms with van der Waals surface area (Å²) >= 11 is 1.88. The Bertz CT molecular complexity index is 196. The van der Waals surface area contributed by atoms with Crippen LogP contribution in [0.4, 0.5) is 0 Å². The Morgan fingerprint density at radius 1 is 1.44 bits per heavy atom. The van der Waals surface area contributed by atoms with Crippen LogP contribution in [0, 0.1) is 0 Å². The van der Waals surface area contributed by atoms with Gasteiger partial charge in [-0.3, -0.25) is 4.79 Å². The number of thioether (sulfide) groups is 1. The summed E-state index contributed by atoms with van der Waals surface area (Å²) in [7, 11) is 0. The van der Waals surface area contributed by atoms with E-state index in [0.717, 1.165) is 31.1 Å². The molecule has 16 heavy (non-hydrogen) atoms. The SMILES string of the molecule is CCCOCCOC(=O)CC1CSCCN1. The monoisotopic (exact) mass is 247 g/mol. The zero-order valence-corrected chi connectivity index (χ0v) is 10.7. The van der Waals surface area contributed by atoms with Crippen LogP contribution in [0.15, 0.2) is 0 Å². The Morgan fingerprint density at radius 3 is 3.00 bits per heavy atom. The normalized spacial score (nSPS) is 20.7. The van der Waals surface area contributed by atoms with Crippen molar-refractivity contribution in [1.29, 1.82) is 0 Å². The van der Waals surface area contributed by atoms with Gasteiger partial charge in [0.1, 0.15) is 6.61 Å². The molecule has 1 unspecified atom stereocenters. The highest BCUT2D eigenvalue weighted by Crippen LogP contribution is 2.10. The summed E-state index contributed by atoms with van der Waals surface area (Å²) in [5.74, 6) is 2.01. The van der Waals surface area contributed by atoms with Gasteiger partial charge in [-0.2, -0.15) is 11.8 Å². The van der Waals surface area contributed by atoms with Crippen molar-refractivity contribution >= 4 is 17.7 Å². The maximum atomic E-state index is 11.4. The number of hydrogen-bond donors (Lipinski definition) is 1. The van der Waals surface area contributed by atoms with Crippen LogP contribution < -0.4 is 5.32 Å². The Morgan fingerprint density at radius 2 is 2.31 bits per heavy atom. The minimum Gasteiger partial charge on any atom is -0.463 e. The van der Waals surface area contributed by atoms with E-state index in [1.54, 1.807) is 0 Å². The van der Waals surface area contributed by atoms with Gasteiger partial charge in [-0.25, -0.2) is 0 Å². The summed E-state index contributed by atoms with van der Waals surface area (Å²) in [5.41, 5.74) is 0. The van der Waals surface area contributed by atoms with Crippen LogP contribution >= 0.6 is 11.8 Å². The largest absolute Gasteiger partial charge is 0.463 e. The summed E-state index contributed by atoms with van der Waals surface area (Å²) in [6.07, 6.45) is 1.47. The van der Waals surface area contributed by atoms with Crippen molar-refractivity contribution in [1.82, 2.24) is 5.32 Å². The molecule has 1 aliphatic rings. The Kier molecular flexibility index (Phi) is 7.63. The van der Waals surface area contributed by atoms with Gasteiger partial charge >= 0.3 is 5.97 Å². The van der Waals surface area contributed by atoms with Crippen molar-refractivity contribution in [2.45, 2.75) is 25.8 Å². The molecule has 4 nitrogen and oxygen atoms in total.